The van der Waals surface area contributed by atoms with E-state index in [-0.39, 0.29) is 11.2 Å². The van der Waals surface area contributed by atoms with Gasteiger partial charge in [-0.05, 0) is 24.7 Å². The summed E-state index contributed by atoms with van der Waals surface area (Å²) >= 11 is 0. The van der Waals surface area contributed by atoms with E-state index in [1.54, 1.807) is 20.2 Å². The fourth-order valence-electron chi connectivity index (χ4n) is 4.33. The first-order valence-electron chi connectivity index (χ1n) is 10.3. The Bertz CT molecular complexity index is 752. The molecule has 2 aliphatic rings. The second-order valence-electron chi connectivity index (χ2n) is 7.98. The third-order valence-corrected chi connectivity index (χ3v) is 7.90. The van der Waals surface area contributed by atoms with Gasteiger partial charge in [0.05, 0.1) is 5.69 Å². The second kappa shape index (κ2) is 9.90. The van der Waals surface area contributed by atoms with Gasteiger partial charge in [-0.2, -0.15) is 4.31 Å². The molecule has 1 aromatic rings. The molecule has 164 valence electrons. The number of methoxy groups -OCH3 is 1. The Kier molecular flexibility index (Phi) is 7.53. The lowest BCUT2D eigenvalue weighted by Gasteiger charge is -2.37. The van der Waals surface area contributed by atoms with Crippen molar-refractivity contribution in [3.05, 3.63) is 18.0 Å². The number of piperazine rings is 1. The normalized spacial score (nSPS) is 20.9. The summed E-state index contributed by atoms with van der Waals surface area (Å²) in [4.78, 5) is 6.58. The maximum absolute atomic E-state index is 12.6. The molecule has 1 aliphatic carbocycles. The second-order valence-corrected chi connectivity index (χ2v) is 9.95. The van der Waals surface area contributed by atoms with Gasteiger partial charge < -0.3 is 19.5 Å². The number of nitrogens with one attached hydrogen (secondary N) is 1. The summed E-state index contributed by atoms with van der Waals surface area (Å²) in [5.41, 5.74) is 0.706. The van der Waals surface area contributed by atoms with Crippen molar-refractivity contribution < 1.29 is 17.7 Å². The van der Waals surface area contributed by atoms with Crippen molar-refractivity contribution in [2.45, 2.75) is 37.9 Å². The van der Waals surface area contributed by atoms with Gasteiger partial charge in [0.15, 0.2) is 5.96 Å². The molecule has 1 saturated heterocycles. The zero-order valence-corrected chi connectivity index (χ0v) is 18.3. The highest BCUT2D eigenvalue weighted by Crippen LogP contribution is 2.40. The van der Waals surface area contributed by atoms with Crippen LogP contribution in [0.25, 0.3) is 0 Å². The maximum Gasteiger partial charge on any atom is 0.220 e. The van der Waals surface area contributed by atoms with E-state index in [0.29, 0.717) is 31.9 Å². The molecule has 0 amide bonds. The first-order valence-corrected chi connectivity index (χ1v) is 11.9. The van der Waals surface area contributed by atoms with E-state index in [2.05, 4.69) is 20.4 Å². The molecule has 10 heteroatoms. The summed E-state index contributed by atoms with van der Waals surface area (Å²) in [7, 11) is 0.142. The lowest BCUT2D eigenvalue weighted by atomic mass is 9.83. The molecule has 2 fully saturated rings. The van der Waals surface area contributed by atoms with Crippen LogP contribution >= 0.6 is 0 Å². The van der Waals surface area contributed by atoms with Crippen LogP contribution in [0.2, 0.25) is 0 Å². The van der Waals surface area contributed by atoms with Crippen LogP contribution in [0.1, 0.15) is 37.8 Å². The van der Waals surface area contributed by atoms with Crippen molar-refractivity contribution in [1.29, 1.82) is 0 Å². The van der Waals surface area contributed by atoms with Crippen molar-refractivity contribution in [3.63, 3.8) is 0 Å². The highest BCUT2D eigenvalue weighted by molar-refractivity contribution is 7.88. The van der Waals surface area contributed by atoms with E-state index < -0.39 is 10.0 Å². The predicted octanol–water partition coefficient (Wildman–Crippen LogP) is 1.29. The van der Waals surface area contributed by atoms with Crippen LogP contribution in [0.3, 0.4) is 0 Å². The number of nitrogens with zero attached hydrogens (tertiary/aromatic N) is 4. The number of aromatic nitrogens is 1. The van der Waals surface area contributed by atoms with Gasteiger partial charge in [0.25, 0.3) is 0 Å². The summed E-state index contributed by atoms with van der Waals surface area (Å²) in [6, 6.07) is 1.59. The Morgan fingerprint density at radius 2 is 2.03 bits per heavy atom. The molecule has 1 N–H and O–H groups in total. The highest BCUT2D eigenvalue weighted by atomic mass is 32.2. The van der Waals surface area contributed by atoms with Gasteiger partial charge in [-0.25, -0.2) is 8.42 Å². The van der Waals surface area contributed by atoms with Crippen LogP contribution < -0.4 is 5.32 Å². The largest absolute Gasteiger partial charge is 0.385 e. The van der Waals surface area contributed by atoms with Crippen LogP contribution in [0.4, 0.5) is 0 Å². The lowest BCUT2D eigenvalue weighted by Crippen LogP contribution is -2.54. The molecule has 29 heavy (non-hydrogen) atoms. The summed E-state index contributed by atoms with van der Waals surface area (Å²) < 4.78 is 36.8. The van der Waals surface area contributed by atoms with Crippen molar-refractivity contribution in [2.75, 3.05) is 53.5 Å². The molecule has 0 aromatic carbocycles. The molecule has 9 nitrogen and oxygen atoms in total. The minimum atomic E-state index is -3.40. The first kappa shape index (κ1) is 22.0. The van der Waals surface area contributed by atoms with Crippen LogP contribution in [-0.2, 0) is 20.5 Å². The third kappa shape index (κ3) is 5.70. The monoisotopic (exact) mass is 427 g/mol. The molecule has 3 rings (SSSR count). The standard InChI is InChI=1S/C19H33N5O4S/c1-20-18(21-16-19(8-14-27-2)6-3-4-7-19)23-9-11-24(12-10-23)29(25,26)15-17-5-13-28-22-17/h5,13H,3-4,6-12,14-16H2,1-2H3,(H,20,21). The van der Waals surface area contributed by atoms with Gasteiger partial charge in [-0.3, -0.25) is 4.99 Å². The molecule has 0 radical (unpaired) electrons. The average molecular weight is 428 g/mol. The molecule has 1 aliphatic heterocycles. The number of rotatable bonds is 8. The molecule has 0 atom stereocenters. The van der Waals surface area contributed by atoms with E-state index in [1.165, 1.54) is 36.3 Å². The van der Waals surface area contributed by atoms with Crippen molar-refractivity contribution in [3.8, 4) is 0 Å². The van der Waals surface area contributed by atoms with Crippen LogP contribution in [0.15, 0.2) is 21.8 Å². The molecule has 0 spiro atoms. The van der Waals surface area contributed by atoms with Crippen molar-refractivity contribution in [2.24, 2.45) is 10.4 Å². The third-order valence-electron chi connectivity index (χ3n) is 6.09. The number of guanidine groups is 1. The molecular formula is C19H33N5O4S. The van der Waals surface area contributed by atoms with E-state index in [4.69, 9.17) is 9.26 Å². The maximum atomic E-state index is 12.6. The van der Waals surface area contributed by atoms with E-state index >= 15 is 0 Å². The minimum absolute atomic E-state index is 0.126. The van der Waals surface area contributed by atoms with Gasteiger partial charge in [0.1, 0.15) is 12.0 Å². The first-order chi connectivity index (χ1) is 14.0. The summed E-state index contributed by atoms with van der Waals surface area (Å²) in [6.45, 7) is 3.77. The Morgan fingerprint density at radius 3 is 2.62 bits per heavy atom. The van der Waals surface area contributed by atoms with Crippen LogP contribution in [-0.4, -0.2) is 82.2 Å². The van der Waals surface area contributed by atoms with Gasteiger partial charge in [0, 0.05) is 59.6 Å². The Morgan fingerprint density at radius 1 is 1.31 bits per heavy atom. The van der Waals surface area contributed by atoms with Gasteiger partial charge >= 0.3 is 0 Å². The quantitative estimate of drug-likeness (QED) is 0.493. The van der Waals surface area contributed by atoms with Crippen LogP contribution in [0, 0.1) is 5.41 Å². The lowest BCUT2D eigenvalue weighted by molar-refractivity contribution is 0.137. The molecule has 1 aromatic heterocycles. The SMILES string of the molecule is CN=C(NCC1(CCOC)CCCC1)N1CCN(S(=O)(=O)Cc2ccon2)CC1. The van der Waals surface area contributed by atoms with E-state index in [1.807, 2.05) is 0 Å². The molecule has 2 heterocycles. The average Bonchev–Trinajstić information content (AvgIpc) is 3.40. The smallest absolute Gasteiger partial charge is 0.220 e. The molecule has 0 unspecified atom stereocenters. The zero-order valence-electron chi connectivity index (χ0n) is 17.5. The Labute approximate surface area is 173 Å². The van der Waals surface area contributed by atoms with Gasteiger partial charge in [-0.1, -0.05) is 18.0 Å². The fraction of sp³-hybridized carbons (Fsp3) is 0.789. The number of aliphatic imine (C=N–C) groups is 1. The number of hydrogen-bond donors (Lipinski definition) is 1. The molecular weight excluding hydrogens is 394 g/mol. The van der Waals surface area contributed by atoms with Crippen molar-refractivity contribution >= 4 is 16.0 Å². The number of sulfonamides is 1. The van der Waals surface area contributed by atoms with E-state index in [9.17, 15) is 8.42 Å². The highest BCUT2D eigenvalue weighted by Gasteiger charge is 2.34. The summed E-state index contributed by atoms with van der Waals surface area (Å²) in [5, 5.41) is 7.26. The van der Waals surface area contributed by atoms with Gasteiger partial charge in [-0.15, -0.1) is 0 Å². The molecule has 0 bridgehead atoms. The number of hydrogen-bond acceptors (Lipinski definition) is 6. The Balaban J connectivity index is 1.52. The molecule has 1 saturated carbocycles. The van der Waals surface area contributed by atoms with Crippen molar-refractivity contribution in [1.82, 2.24) is 19.7 Å². The minimum Gasteiger partial charge on any atom is -0.385 e. The Hall–Kier alpha value is -1.65. The predicted molar refractivity (Wildman–Crippen MR) is 111 cm³/mol. The topological polar surface area (TPSA) is 100 Å². The fourth-order valence-corrected chi connectivity index (χ4v) is 5.75. The number of ether oxygens (including phenoxy) is 1. The van der Waals surface area contributed by atoms with Gasteiger partial charge in [0.2, 0.25) is 10.0 Å². The summed E-state index contributed by atoms with van der Waals surface area (Å²) in [6.07, 6.45) is 7.42. The van der Waals surface area contributed by atoms with E-state index in [0.717, 1.165) is 25.5 Å². The van der Waals surface area contributed by atoms with Crippen LogP contribution in [0.5, 0.6) is 0 Å². The zero-order chi connectivity index (χ0) is 20.7. The summed E-state index contributed by atoms with van der Waals surface area (Å²) in [5.74, 6) is 0.723.